The van der Waals surface area contributed by atoms with Crippen molar-refractivity contribution in [3.8, 4) is 0 Å². The highest BCUT2D eigenvalue weighted by Crippen LogP contribution is 2.40. The second kappa shape index (κ2) is 5.94. The van der Waals surface area contributed by atoms with E-state index in [0.717, 1.165) is 31.5 Å². The largest absolute Gasteiger partial charge is 0.372 e. The van der Waals surface area contributed by atoms with E-state index < -0.39 is 0 Å². The van der Waals surface area contributed by atoms with Crippen LogP contribution in [0.1, 0.15) is 58.8 Å². The van der Waals surface area contributed by atoms with Gasteiger partial charge < -0.3 is 10.5 Å². The molecule has 3 nitrogen and oxygen atoms in total. The lowest BCUT2D eigenvalue weighted by Gasteiger charge is -2.47. The third-order valence-corrected chi connectivity index (χ3v) is 6.23. The molecular weight excluding hydrogens is 248 g/mol. The van der Waals surface area contributed by atoms with Gasteiger partial charge in [0.15, 0.2) is 0 Å². The summed E-state index contributed by atoms with van der Waals surface area (Å²) in [6.45, 7) is 7.85. The standard InChI is InChI=1S/C17H32N2O/c1-13(2)14-4-3-8-17(12-18,9-7-14)19-10-15-5-6-16(11-19)20-15/h13-16H,3-12,18H2,1-2H3. The average Bonchev–Trinajstić information content (AvgIpc) is 2.67. The second-order valence-electron chi connectivity index (χ2n) is 7.73. The molecule has 4 unspecified atom stereocenters. The molecular formula is C17H32N2O. The van der Waals surface area contributed by atoms with Crippen LogP contribution in [0.15, 0.2) is 0 Å². The SMILES string of the molecule is CC(C)C1CCCC(CN)(N2CC3CCC(C2)O3)CC1. The number of morpholine rings is 1. The maximum Gasteiger partial charge on any atom is 0.0707 e. The molecule has 3 fully saturated rings. The third-order valence-electron chi connectivity index (χ3n) is 6.23. The molecule has 1 saturated carbocycles. The average molecular weight is 280 g/mol. The molecule has 3 rings (SSSR count). The van der Waals surface area contributed by atoms with Crippen LogP contribution in [-0.2, 0) is 4.74 Å². The van der Waals surface area contributed by atoms with E-state index >= 15 is 0 Å². The Bertz CT molecular complexity index is 321. The summed E-state index contributed by atoms with van der Waals surface area (Å²) < 4.78 is 6.02. The summed E-state index contributed by atoms with van der Waals surface area (Å²) in [6, 6.07) is 0. The smallest absolute Gasteiger partial charge is 0.0707 e. The van der Waals surface area contributed by atoms with Crippen LogP contribution in [-0.4, -0.2) is 42.3 Å². The van der Waals surface area contributed by atoms with Gasteiger partial charge in [0.1, 0.15) is 0 Å². The van der Waals surface area contributed by atoms with Crippen LogP contribution in [0.4, 0.5) is 0 Å². The van der Waals surface area contributed by atoms with Crippen molar-refractivity contribution in [3.63, 3.8) is 0 Å². The number of hydrogen-bond donors (Lipinski definition) is 1. The molecule has 2 bridgehead atoms. The maximum absolute atomic E-state index is 6.29. The van der Waals surface area contributed by atoms with Crippen LogP contribution in [0.3, 0.4) is 0 Å². The van der Waals surface area contributed by atoms with Gasteiger partial charge in [-0.25, -0.2) is 0 Å². The molecule has 0 radical (unpaired) electrons. The van der Waals surface area contributed by atoms with Crippen molar-refractivity contribution < 1.29 is 4.74 Å². The van der Waals surface area contributed by atoms with Gasteiger partial charge in [-0.3, -0.25) is 4.90 Å². The molecule has 3 heteroatoms. The fourth-order valence-electron chi connectivity index (χ4n) is 4.73. The zero-order valence-electron chi connectivity index (χ0n) is 13.3. The summed E-state index contributed by atoms with van der Waals surface area (Å²) in [5.41, 5.74) is 6.56. The molecule has 2 heterocycles. The van der Waals surface area contributed by atoms with E-state index in [-0.39, 0.29) is 5.54 Å². The molecule has 0 spiro atoms. The number of likely N-dealkylation sites (tertiary alicyclic amines) is 1. The Balaban J connectivity index is 1.70. The zero-order chi connectivity index (χ0) is 14.2. The van der Waals surface area contributed by atoms with E-state index in [2.05, 4.69) is 18.7 Å². The quantitative estimate of drug-likeness (QED) is 0.808. The number of ether oxygens (including phenoxy) is 1. The van der Waals surface area contributed by atoms with Crippen molar-refractivity contribution in [2.75, 3.05) is 19.6 Å². The first-order chi connectivity index (χ1) is 9.63. The first-order valence-electron chi connectivity index (χ1n) is 8.73. The minimum absolute atomic E-state index is 0.272. The lowest BCUT2D eigenvalue weighted by Crippen LogP contribution is -2.59. The summed E-state index contributed by atoms with van der Waals surface area (Å²) in [7, 11) is 0. The summed E-state index contributed by atoms with van der Waals surface area (Å²) in [6.07, 6.45) is 10.2. The van der Waals surface area contributed by atoms with Gasteiger partial charge in [0.05, 0.1) is 12.2 Å². The Morgan fingerprint density at radius 2 is 1.80 bits per heavy atom. The minimum atomic E-state index is 0.272. The lowest BCUT2D eigenvalue weighted by molar-refractivity contribution is -0.0807. The number of nitrogens with zero attached hydrogens (tertiary/aromatic N) is 1. The van der Waals surface area contributed by atoms with Gasteiger partial charge in [0.2, 0.25) is 0 Å². The Kier molecular flexibility index (Phi) is 4.40. The van der Waals surface area contributed by atoms with E-state index in [1.165, 1.54) is 44.9 Å². The van der Waals surface area contributed by atoms with Crippen LogP contribution in [0.5, 0.6) is 0 Å². The van der Waals surface area contributed by atoms with Crippen molar-refractivity contribution in [3.05, 3.63) is 0 Å². The Morgan fingerprint density at radius 1 is 1.10 bits per heavy atom. The number of nitrogens with two attached hydrogens (primary N) is 1. The molecule has 116 valence electrons. The van der Waals surface area contributed by atoms with Gasteiger partial charge in [0.25, 0.3) is 0 Å². The first-order valence-corrected chi connectivity index (χ1v) is 8.73. The van der Waals surface area contributed by atoms with Crippen LogP contribution in [0.25, 0.3) is 0 Å². The van der Waals surface area contributed by atoms with E-state index in [4.69, 9.17) is 10.5 Å². The van der Waals surface area contributed by atoms with E-state index in [1.807, 2.05) is 0 Å². The fourth-order valence-corrected chi connectivity index (χ4v) is 4.73. The molecule has 2 saturated heterocycles. The first kappa shape index (κ1) is 14.8. The summed E-state index contributed by atoms with van der Waals surface area (Å²) >= 11 is 0. The zero-order valence-corrected chi connectivity index (χ0v) is 13.3. The number of hydrogen-bond acceptors (Lipinski definition) is 3. The highest BCUT2D eigenvalue weighted by atomic mass is 16.5. The Hall–Kier alpha value is -0.120. The maximum atomic E-state index is 6.29. The molecule has 2 N–H and O–H groups in total. The molecule has 20 heavy (non-hydrogen) atoms. The highest BCUT2D eigenvalue weighted by molar-refractivity contribution is 4.99. The van der Waals surface area contributed by atoms with Gasteiger partial charge in [0, 0.05) is 25.2 Å². The number of rotatable bonds is 3. The molecule has 0 aromatic carbocycles. The topological polar surface area (TPSA) is 38.5 Å². The van der Waals surface area contributed by atoms with Gasteiger partial charge in [-0.15, -0.1) is 0 Å². The van der Waals surface area contributed by atoms with Gasteiger partial charge in [-0.2, -0.15) is 0 Å². The molecule has 3 aliphatic rings. The molecule has 0 aromatic rings. The Labute approximate surface area is 124 Å². The minimum Gasteiger partial charge on any atom is -0.372 e. The van der Waals surface area contributed by atoms with Crippen LogP contribution < -0.4 is 5.73 Å². The van der Waals surface area contributed by atoms with Crippen LogP contribution >= 0.6 is 0 Å². The number of fused-ring (bicyclic) bond motifs is 2. The van der Waals surface area contributed by atoms with Gasteiger partial charge in [-0.05, 0) is 43.9 Å². The Morgan fingerprint density at radius 3 is 2.40 bits per heavy atom. The molecule has 4 atom stereocenters. The second-order valence-corrected chi connectivity index (χ2v) is 7.73. The fraction of sp³-hybridized carbons (Fsp3) is 1.00. The third kappa shape index (κ3) is 2.77. The molecule has 0 aromatic heterocycles. The summed E-state index contributed by atoms with van der Waals surface area (Å²) in [4.78, 5) is 2.72. The van der Waals surface area contributed by atoms with Crippen LogP contribution in [0.2, 0.25) is 0 Å². The normalized spacial score (nSPS) is 42.9. The molecule has 2 aliphatic heterocycles. The van der Waals surface area contributed by atoms with Crippen molar-refractivity contribution in [1.29, 1.82) is 0 Å². The van der Waals surface area contributed by atoms with E-state index in [1.54, 1.807) is 0 Å². The van der Waals surface area contributed by atoms with E-state index in [0.29, 0.717) is 12.2 Å². The predicted molar refractivity (Wildman–Crippen MR) is 82.7 cm³/mol. The van der Waals surface area contributed by atoms with Crippen molar-refractivity contribution in [1.82, 2.24) is 4.90 Å². The van der Waals surface area contributed by atoms with Crippen molar-refractivity contribution in [2.45, 2.75) is 76.5 Å². The van der Waals surface area contributed by atoms with Crippen LogP contribution in [0, 0.1) is 11.8 Å². The monoisotopic (exact) mass is 280 g/mol. The van der Waals surface area contributed by atoms with E-state index in [9.17, 15) is 0 Å². The summed E-state index contributed by atoms with van der Waals surface area (Å²) in [5.74, 6) is 1.73. The lowest BCUT2D eigenvalue weighted by atomic mass is 9.85. The summed E-state index contributed by atoms with van der Waals surface area (Å²) in [5, 5.41) is 0. The molecule has 0 amide bonds. The predicted octanol–water partition coefficient (Wildman–Crippen LogP) is 2.78. The molecule has 1 aliphatic carbocycles. The van der Waals surface area contributed by atoms with Crippen molar-refractivity contribution >= 4 is 0 Å². The van der Waals surface area contributed by atoms with Gasteiger partial charge >= 0.3 is 0 Å². The van der Waals surface area contributed by atoms with Crippen molar-refractivity contribution in [2.24, 2.45) is 17.6 Å². The van der Waals surface area contributed by atoms with Gasteiger partial charge in [-0.1, -0.05) is 26.7 Å². The highest BCUT2D eigenvalue weighted by Gasteiger charge is 2.44.